The first-order valence-corrected chi connectivity index (χ1v) is 4.95. The maximum Gasteiger partial charge on any atom is 0.0709 e. The van der Waals surface area contributed by atoms with Crippen LogP contribution in [0.3, 0.4) is 0 Å². The molecule has 2 aromatic heterocycles. The summed E-state index contributed by atoms with van der Waals surface area (Å²) >= 11 is 0. The average Bonchev–Trinajstić information content (AvgIpc) is 2.29. The molecule has 3 rings (SSSR count). The van der Waals surface area contributed by atoms with Crippen molar-refractivity contribution >= 4 is 21.7 Å². The predicted octanol–water partition coefficient (Wildman–Crippen LogP) is 3.09. The fraction of sp³-hybridized carbons (Fsp3) is 0.0769. The van der Waals surface area contributed by atoms with Crippen LogP contribution in [0.2, 0.25) is 0 Å². The predicted molar refractivity (Wildman–Crippen MR) is 61.8 cm³/mol. The molecule has 0 spiro atoms. The third-order valence-corrected chi connectivity index (χ3v) is 2.69. The van der Waals surface area contributed by atoms with Crippen molar-refractivity contribution in [2.24, 2.45) is 0 Å². The van der Waals surface area contributed by atoms with Crippen LogP contribution in [-0.4, -0.2) is 9.97 Å². The standard InChI is InChI=1S/C13H10N2/c1-9-13-10(6-7-14-9)8-15-12-5-3-2-4-11(12)13/h2-8H,1H3. The first kappa shape index (κ1) is 8.36. The Labute approximate surface area is 87.6 Å². The molecule has 0 unspecified atom stereocenters. The van der Waals surface area contributed by atoms with E-state index in [9.17, 15) is 0 Å². The SMILES string of the molecule is Cc1nccc2cnc3ccccc3c12. The van der Waals surface area contributed by atoms with Crippen molar-refractivity contribution in [1.29, 1.82) is 0 Å². The van der Waals surface area contributed by atoms with E-state index in [4.69, 9.17) is 0 Å². The summed E-state index contributed by atoms with van der Waals surface area (Å²) in [5.74, 6) is 0. The molecule has 72 valence electrons. The summed E-state index contributed by atoms with van der Waals surface area (Å²) in [7, 11) is 0. The second-order valence-electron chi connectivity index (χ2n) is 3.64. The molecule has 0 bridgehead atoms. The van der Waals surface area contributed by atoms with Crippen molar-refractivity contribution in [2.75, 3.05) is 0 Å². The Kier molecular flexibility index (Phi) is 1.68. The highest BCUT2D eigenvalue weighted by atomic mass is 14.7. The third kappa shape index (κ3) is 1.18. The highest BCUT2D eigenvalue weighted by molar-refractivity contribution is 6.06. The molecule has 0 N–H and O–H groups in total. The molecule has 15 heavy (non-hydrogen) atoms. The molecule has 0 saturated carbocycles. The molecular weight excluding hydrogens is 184 g/mol. The maximum atomic E-state index is 4.42. The summed E-state index contributed by atoms with van der Waals surface area (Å²) in [6.45, 7) is 2.04. The number of pyridine rings is 2. The number of aromatic nitrogens is 2. The van der Waals surface area contributed by atoms with Crippen LogP contribution in [0.5, 0.6) is 0 Å². The number of rotatable bonds is 0. The molecule has 0 saturated heterocycles. The van der Waals surface area contributed by atoms with Gasteiger partial charge in [-0.1, -0.05) is 18.2 Å². The number of fused-ring (bicyclic) bond motifs is 3. The normalized spacial score (nSPS) is 11.0. The molecule has 0 radical (unpaired) electrons. The first-order chi connectivity index (χ1) is 7.36. The lowest BCUT2D eigenvalue weighted by molar-refractivity contribution is 1.24. The highest BCUT2D eigenvalue weighted by Gasteiger charge is 2.03. The van der Waals surface area contributed by atoms with E-state index in [1.54, 1.807) is 0 Å². The molecule has 0 atom stereocenters. The second kappa shape index (κ2) is 3.02. The van der Waals surface area contributed by atoms with Gasteiger partial charge in [-0.3, -0.25) is 9.97 Å². The molecule has 0 amide bonds. The van der Waals surface area contributed by atoms with Crippen molar-refractivity contribution in [1.82, 2.24) is 9.97 Å². The Morgan fingerprint density at radius 1 is 1.00 bits per heavy atom. The number of aryl methyl sites for hydroxylation is 1. The van der Waals surface area contributed by atoms with Gasteiger partial charge >= 0.3 is 0 Å². The monoisotopic (exact) mass is 194 g/mol. The van der Waals surface area contributed by atoms with E-state index in [0.717, 1.165) is 16.6 Å². The van der Waals surface area contributed by atoms with Gasteiger partial charge in [0.05, 0.1) is 5.52 Å². The van der Waals surface area contributed by atoms with E-state index in [-0.39, 0.29) is 0 Å². The van der Waals surface area contributed by atoms with Gasteiger partial charge in [0.2, 0.25) is 0 Å². The van der Waals surface area contributed by atoms with Crippen LogP contribution >= 0.6 is 0 Å². The van der Waals surface area contributed by atoms with Gasteiger partial charge in [-0.2, -0.15) is 0 Å². The number of nitrogens with zero attached hydrogens (tertiary/aromatic N) is 2. The summed E-state index contributed by atoms with van der Waals surface area (Å²) in [5, 5.41) is 3.55. The Bertz CT molecular complexity index is 644. The van der Waals surface area contributed by atoms with E-state index in [2.05, 4.69) is 16.0 Å². The van der Waals surface area contributed by atoms with E-state index >= 15 is 0 Å². The van der Waals surface area contributed by atoms with Crippen molar-refractivity contribution < 1.29 is 0 Å². The van der Waals surface area contributed by atoms with Crippen molar-refractivity contribution in [2.45, 2.75) is 6.92 Å². The van der Waals surface area contributed by atoms with E-state index in [1.807, 2.05) is 43.6 Å². The lowest BCUT2D eigenvalue weighted by atomic mass is 10.1. The second-order valence-corrected chi connectivity index (χ2v) is 3.64. The fourth-order valence-corrected chi connectivity index (χ4v) is 1.98. The topological polar surface area (TPSA) is 25.8 Å². The van der Waals surface area contributed by atoms with E-state index in [1.165, 1.54) is 10.8 Å². The smallest absolute Gasteiger partial charge is 0.0709 e. The van der Waals surface area contributed by atoms with Crippen LogP contribution in [0.4, 0.5) is 0 Å². The van der Waals surface area contributed by atoms with Gasteiger partial charge in [0.25, 0.3) is 0 Å². The zero-order chi connectivity index (χ0) is 10.3. The van der Waals surface area contributed by atoms with Gasteiger partial charge in [-0.15, -0.1) is 0 Å². The van der Waals surface area contributed by atoms with Gasteiger partial charge < -0.3 is 0 Å². The molecular formula is C13H10N2. The summed E-state index contributed by atoms with van der Waals surface area (Å²) in [5.41, 5.74) is 2.09. The molecule has 0 fully saturated rings. The zero-order valence-corrected chi connectivity index (χ0v) is 8.44. The lowest BCUT2D eigenvalue weighted by Crippen LogP contribution is -1.87. The summed E-state index contributed by atoms with van der Waals surface area (Å²) < 4.78 is 0. The molecule has 2 heterocycles. The molecule has 2 nitrogen and oxygen atoms in total. The molecule has 0 aliphatic heterocycles. The molecule has 1 aromatic carbocycles. The van der Waals surface area contributed by atoms with Gasteiger partial charge in [-0.25, -0.2) is 0 Å². The fourth-order valence-electron chi connectivity index (χ4n) is 1.98. The Hall–Kier alpha value is -1.96. The van der Waals surface area contributed by atoms with Gasteiger partial charge in [0.1, 0.15) is 0 Å². The number of hydrogen-bond acceptors (Lipinski definition) is 2. The summed E-state index contributed by atoms with van der Waals surface area (Å²) in [4.78, 5) is 8.75. The van der Waals surface area contributed by atoms with Crippen LogP contribution < -0.4 is 0 Å². The molecule has 0 aliphatic carbocycles. The minimum absolute atomic E-state index is 1.03. The number of hydrogen-bond donors (Lipinski definition) is 0. The summed E-state index contributed by atoms with van der Waals surface area (Å²) in [6.07, 6.45) is 3.74. The average molecular weight is 194 g/mol. The maximum absolute atomic E-state index is 4.42. The Balaban J connectivity index is 2.64. The van der Waals surface area contributed by atoms with Crippen LogP contribution in [0.1, 0.15) is 5.69 Å². The van der Waals surface area contributed by atoms with Gasteiger partial charge in [0, 0.05) is 34.2 Å². The van der Waals surface area contributed by atoms with Crippen LogP contribution in [-0.2, 0) is 0 Å². The minimum Gasteiger partial charge on any atom is -0.261 e. The van der Waals surface area contributed by atoms with Crippen molar-refractivity contribution in [3.63, 3.8) is 0 Å². The number of benzene rings is 1. The van der Waals surface area contributed by atoms with E-state index < -0.39 is 0 Å². The first-order valence-electron chi connectivity index (χ1n) is 4.95. The summed E-state index contributed by atoms with van der Waals surface area (Å²) in [6, 6.07) is 10.2. The molecule has 3 aromatic rings. The van der Waals surface area contributed by atoms with Gasteiger partial charge in [-0.05, 0) is 19.1 Å². The van der Waals surface area contributed by atoms with E-state index in [0.29, 0.717) is 0 Å². The third-order valence-electron chi connectivity index (χ3n) is 2.69. The van der Waals surface area contributed by atoms with Crippen LogP contribution in [0.15, 0.2) is 42.7 Å². The Morgan fingerprint density at radius 3 is 2.80 bits per heavy atom. The highest BCUT2D eigenvalue weighted by Crippen LogP contribution is 2.24. The van der Waals surface area contributed by atoms with Crippen molar-refractivity contribution in [3.05, 3.63) is 48.4 Å². The number of para-hydroxylation sites is 1. The largest absolute Gasteiger partial charge is 0.261 e. The van der Waals surface area contributed by atoms with Crippen LogP contribution in [0.25, 0.3) is 21.7 Å². The molecule has 2 heteroatoms. The van der Waals surface area contributed by atoms with Crippen molar-refractivity contribution in [3.8, 4) is 0 Å². The quantitative estimate of drug-likeness (QED) is 0.514. The zero-order valence-electron chi connectivity index (χ0n) is 8.44. The Morgan fingerprint density at radius 2 is 1.87 bits per heavy atom. The van der Waals surface area contributed by atoms with Crippen LogP contribution in [0, 0.1) is 6.92 Å². The minimum atomic E-state index is 1.03. The van der Waals surface area contributed by atoms with Gasteiger partial charge in [0.15, 0.2) is 0 Å². The lowest BCUT2D eigenvalue weighted by Gasteiger charge is -2.04. The molecule has 0 aliphatic rings.